The first-order chi connectivity index (χ1) is 16.9. The Kier molecular flexibility index (Phi) is 7.67. The third kappa shape index (κ3) is 5.46. The number of carbonyl (C=O) groups is 2. The quantitative estimate of drug-likeness (QED) is 0.411. The van der Waals surface area contributed by atoms with Crippen molar-refractivity contribution in [3.05, 3.63) is 105 Å². The maximum atomic E-state index is 12.9. The van der Waals surface area contributed by atoms with Crippen LogP contribution in [0.1, 0.15) is 17.3 Å². The molecule has 0 saturated carbocycles. The lowest BCUT2D eigenvalue weighted by molar-refractivity contribution is -0.118. The van der Waals surface area contributed by atoms with Gasteiger partial charge in [-0.1, -0.05) is 77.4 Å². The van der Waals surface area contributed by atoms with Crippen LogP contribution in [0.5, 0.6) is 0 Å². The van der Waals surface area contributed by atoms with Crippen LogP contribution in [0.3, 0.4) is 0 Å². The summed E-state index contributed by atoms with van der Waals surface area (Å²) in [6.45, 7) is 1.88. The lowest BCUT2D eigenvalue weighted by Crippen LogP contribution is -2.46. The normalized spacial score (nSPS) is 15.4. The van der Waals surface area contributed by atoms with Gasteiger partial charge in [-0.25, -0.2) is 0 Å². The van der Waals surface area contributed by atoms with E-state index in [0.717, 1.165) is 23.0 Å². The number of amides is 2. The van der Waals surface area contributed by atoms with Gasteiger partial charge in [0.05, 0.1) is 5.75 Å². The molecule has 1 aliphatic heterocycles. The summed E-state index contributed by atoms with van der Waals surface area (Å²) in [4.78, 5) is 27.5. The maximum absolute atomic E-state index is 12.9. The summed E-state index contributed by atoms with van der Waals surface area (Å²) in [5.41, 5.74) is 2.79. The van der Waals surface area contributed by atoms with E-state index in [1.54, 1.807) is 24.3 Å². The van der Waals surface area contributed by atoms with Gasteiger partial charge in [0.2, 0.25) is 5.91 Å². The minimum absolute atomic E-state index is 0.0299. The number of carbonyl (C=O) groups excluding carboxylic acids is 2. The predicted molar refractivity (Wildman–Crippen MR) is 141 cm³/mol. The molecule has 2 N–H and O–H groups in total. The highest BCUT2D eigenvalue weighted by Crippen LogP contribution is 2.40. The van der Waals surface area contributed by atoms with Crippen molar-refractivity contribution in [2.24, 2.45) is 0 Å². The van der Waals surface area contributed by atoms with Gasteiger partial charge in [0.25, 0.3) is 5.91 Å². The fraction of sp³-hybridized carbons (Fsp3) is 0.115. The first-order valence-corrected chi connectivity index (χ1v) is 12.4. The minimum Gasteiger partial charge on any atom is -0.327 e. The van der Waals surface area contributed by atoms with Crippen molar-refractivity contribution < 1.29 is 9.59 Å². The molecule has 176 valence electrons. The molecule has 6 nitrogen and oxygen atoms in total. The molecule has 0 saturated heterocycles. The average Bonchev–Trinajstić information content (AvgIpc) is 2.85. The van der Waals surface area contributed by atoms with Crippen LogP contribution in [0.4, 0.5) is 11.4 Å². The van der Waals surface area contributed by atoms with Crippen molar-refractivity contribution in [1.29, 1.82) is 5.26 Å². The van der Waals surface area contributed by atoms with Crippen LogP contribution in [0.25, 0.3) is 0 Å². The summed E-state index contributed by atoms with van der Waals surface area (Å²) in [5, 5.41) is 16.9. The van der Waals surface area contributed by atoms with Gasteiger partial charge in [0, 0.05) is 27.0 Å². The number of halogens is 2. The molecule has 4 rings (SSSR count). The standard InChI is InChI=1S/C26H20Cl2N4O2S/c1-16-11-12-17(13-22(16)28)30-23(33)15-35-26-20(14-29)25(34)31-24(19-9-5-6-10-21(19)27)32(26)18-7-3-2-4-8-18/h2-13,24H,15H2,1H3,(H,30,33)(H,31,34). The summed E-state index contributed by atoms with van der Waals surface area (Å²) in [6, 6.07) is 23.8. The largest absolute Gasteiger partial charge is 0.327 e. The highest BCUT2D eigenvalue weighted by atomic mass is 35.5. The Morgan fingerprint density at radius 3 is 2.49 bits per heavy atom. The Balaban J connectivity index is 1.68. The maximum Gasteiger partial charge on any atom is 0.266 e. The van der Waals surface area contributed by atoms with Crippen LogP contribution in [0.2, 0.25) is 10.0 Å². The minimum atomic E-state index is -0.669. The fourth-order valence-electron chi connectivity index (χ4n) is 3.61. The number of rotatable bonds is 6. The monoisotopic (exact) mass is 522 g/mol. The van der Waals surface area contributed by atoms with E-state index < -0.39 is 12.1 Å². The number of nitrogens with zero attached hydrogens (tertiary/aromatic N) is 2. The molecule has 1 unspecified atom stereocenters. The Bertz CT molecular complexity index is 1350. The summed E-state index contributed by atoms with van der Waals surface area (Å²) in [7, 11) is 0. The Morgan fingerprint density at radius 1 is 1.09 bits per heavy atom. The SMILES string of the molecule is Cc1ccc(NC(=O)CSC2=C(C#N)C(=O)NC(c3ccccc3Cl)N2c2ccccc2)cc1Cl. The van der Waals surface area contributed by atoms with Crippen molar-refractivity contribution in [2.45, 2.75) is 13.1 Å². The zero-order chi connectivity index (χ0) is 24.9. The molecule has 0 aromatic heterocycles. The zero-order valence-corrected chi connectivity index (χ0v) is 20.9. The molecule has 0 radical (unpaired) electrons. The van der Waals surface area contributed by atoms with E-state index in [4.69, 9.17) is 23.2 Å². The van der Waals surface area contributed by atoms with Crippen molar-refractivity contribution in [1.82, 2.24) is 5.32 Å². The third-order valence-corrected chi connectivity index (χ3v) is 7.16. The van der Waals surface area contributed by atoms with Crippen LogP contribution >= 0.6 is 35.0 Å². The van der Waals surface area contributed by atoms with Gasteiger partial charge in [0.1, 0.15) is 22.8 Å². The lowest BCUT2D eigenvalue weighted by Gasteiger charge is -2.39. The first-order valence-electron chi connectivity index (χ1n) is 10.6. The van der Waals surface area contributed by atoms with E-state index in [-0.39, 0.29) is 17.2 Å². The molecule has 9 heteroatoms. The molecule has 3 aromatic carbocycles. The van der Waals surface area contributed by atoms with Crippen LogP contribution < -0.4 is 15.5 Å². The number of nitriles is 1. The second-order valence-electron chi connectivity index (χ2n) is 7.70. The Labute approximate surface area is 217 Å². The van der Waals surface area contributed by atoms with E-state index >= 15 is 0 Å². The second-order valence-corrected chi connectivity index (χ2v) is 9.47. The molecule has 0 aliphatic carbocycles. The number of aryl methyl sites for hydroxylation is 1. The van der Waals surface area contributed by atoms with E-state index in [2.05, 4.69) is 10.6 Å². The number of nitrogens with one attached hydrogen (secondary N) is 2. The zero-order valence-electron chi connectivity index (χ0n) is 18.6. The van der Waals surface area contributed by atoms with Crippen molar-refractivity contribution in [3.8, 4) is 6.07 Å². The van der Waals surface area contributed by atoms with Crippen LogP contribution in [-0.4, -0.2) is 17.6 Å². The van der Waals surface area contributed by atoms with Gasteiger partial charge in [-0.05, 0) is 42.8 Å². The van der Waals surface area contributed by atoms with Gasteiger partial charge in [-0.2, -0.15) is 5.26 Å². The molecular formula is C26H20Cl2N4O2S. The number of hydrogen-bond acceptors (Lipinski definition) is 5. The van der Waals surface area contributed by atoms with E-state index in [1.165, 1.54) is 0 Å². The lowest BCUT2D eigenvalue weighted by atomic mass is 10.1. The van der Waals surface area contributed by atoms with E-state index in [1.807, 2.05) is 66.4 Å². The topological polar surface area (TPSA) is 85.2 Å². The molecule has 3 aromatic rings. The third-order valence-electron chi connectivity index (χ3n) is 5.33. The number of hydrogen-bond donors (Lipinski definition) is 2. The molecule has 0 bridgehead atoms. The predicted octanol–water partition coefficient (Wildman–Crippen LogP) is 6.04. The van der Waals surface area contributed by atoms with Crippen molar-refractivity contribution in [2.75, 3.05) is 16.0 Å². The first kappa shape index (κ1) is 24.7. The highest BCUT2D eigenvalue weighted by Gasteiger charge is 2.36. The molecular weight excluding hydrogens is 503 g/mol. The molecule has 1 atom stereocenters. The summed E-state index contributed by atoms with van der Waals surface area (Å²) >= 11 is 13.7. The summed E-state index contributed by atoms with van der Waals surface area (Å²) in [6.07, 6.45) is -0.669. The Morgan fingerprint density at radius 2 is 1.80 bits per heavy atom. The van der Waals surface area contributed by atoms with Crippen LogP contribution in [0.15, 0.2) is 83.4 Å². The molecule has 0 fully saturated rings. The summed E-state index contributed by atoms with van der Waals surface area (Å²) in [5.74, 6) is -0.858. The molecule has 0 spiro atoms. The van der Waals surface area contributed by atoms with Gasteiger partial charge >= 0.3 is 0 Å². The van der Waals surface area contributed by atoms with E-state index in [9.17, 15) is 14.9 Å². The molecule has 1 aliphatic rings. The van der Waals surface area contributed by atoms with Crippen molar-refractivity contribution >= 4 is 58.2 Å². The van der Waals surface area contributed by atoms with Crippen molar-refractivity contribution in [3.63, 3.8) is 0 Å². The second kappa shape index (κ2) is 10.9. The van der Waals surface area contributed by atoms with Gasteiger partial charge in [0.15, 0.2) is 0 Å². The Hall–Kier alpha value is -3.44. The number of thioether (sulfide) groups is 1. The van der Waals surface area contributed by atoms with Gasteiger partial charge < -0.3 is 15.5 Å². The number of anilines is 2. The average molecular weight is 523 g/mol. The van der Waals surface area contributed by atoms with Crippen LogP contribution in [0, 0.1) is 18.3 Å². The fourth-order valence-corrected chi connectivity index (χ4v) is 5.00. The number of benzene rings is 3. The van der Waals surface area contributed by atoms with Crippen LogP contribution in [-0.2, 0) is 9.59 Å². The van der Waals surface area contributed by atoms with E-state index in [0.29, 0.717) is 26.3 Å². The number of para-hydroxylation sites is 1. The molecule has 1 heterocycles. The highest BCUT2D eigenvalue weighted by molar-refractivity contribution is 8.03. The smallest absolute Gasteiger partial charge is 0.266 e. The summed E-state index contributed by atoms with van der Waals surface area (Å²) < 4.78 is 0. The molecule has 2 amide bonds. The molecule has 35 heavy (non-hydrogen) atoms. The van der Waals surface area contributed by atoms with Gasteiger partial charge in [-0.3, -0.25) is 9.59 Å². The van der Waals surface area contributed by atoms with Gasteiger partial charge in [-0.15, -0.1) is 0 Å².